The van der Waals surface area contributed by atoms with E-state index in [2.05, 4.69) is 16.3 Å². The number of hydrogen-bond acceptors (Lipinski definition) is 4. The van der Waals surface area contributed by atoms with Gasteiger partial charge in [-0.3, -0.25) is 9.59 Å². The molecule has 4 aliphatic carbocycles. The van der Waals surface area contributed by atoms with E-state index in [1.165, 1.54) is 6.42 Å². The van der Waals surface area contributed by atoms with Crippen LogP contribution in [-0.4, -0.2) is 58.4 Å². The summed E-state index contributed by atoms with van der Waals surface area (Å²) in [4.78, 5) is 29.0. The van der Waals surface area contributed by atoms with E-state index in [1.807, 2.05) is 0 Å². The Hall–Kier alpha value is -1.61. The molecule has 6 heteroatoms. The molecule has 0 aromatic rings. The van der Waals surface area contributed by atoms with E-state index < -0.39 is 0 Å². The van der Waals surface area contributed by atoms with Crippen molar-refractivity contribution < 1.29 is 9.59 Å². The summed E-state index contributed by atoms with van der Waals surface area (Å²) >= 11 is 0. The van der Waals surface area contributed by atoms with Crippen LogP contribution in [-0.2, 0) is 9.59 Å². The van der Waals surface area contributed by atoms with Crippen molar-refractivity contribution in [3.63, 3.8) is 0 Å². The van der Waals surface area contributed by atoms with Gasteiger partial charge in [0.15, 0.2) is 0 Å². The van der Waals surface area contributed by atoms with E-state index in [-0.39, 0.29) is 23.0 Å². The van der Waals surface area contributed by atoms with Crippen molar-refractivity contribution >= 4 is 11.8 Å². The second-order valence-electron chi connectivity index (χ2n) is 9.35. The Kier molecular flexibility index (Phi) is 3.62. The first kappa shape index (κ1) is 16.6. The van der Waals surface area contributed by atoms with Crippen LogP contribution in [0.2, 0.25) is 0 Å². The molecule has 6 aliphatic rings. The van der Waals surface area contributed by atoms with Crippen LogP contribution in [0.3, 0.4) is 0 Å². The lowest BCUT2D eigenvalue weighted by molar-refractivity contribution is -0.135. The third-order valence-corrected chi connectivity index (χ3v) is 7.95. The summed E-state index contributed by atoms with van der Waals surface area (Å²) < 4.78 is 0. The SMILES string of the molecule is N#CC1CCCN1C(=O)CNC12CC3CC1C[C@@](N1CCCC1=O)(C3)C2. The van der Waals surface area contributed by atoms with Crippen LogP contribution in [0.25, 0.3) is 0 Å². The van der Waals surface area contributed by atoms with Crippen LogP contribution in [0.4, 0.5) is 0 Å². The van der Waals surface area contributed by atoms with E-state index in [0.717, 1.165) is 51.5 Å². The molecule has 0 aromatic carbocycles. The number of carbonyl (C=O) groups is 2. The molecule has 2 saturated heterocycles. The Morgan fingerprint density at radius 2 is 2.15 bits per heavy atom. The van der Waals surface area contributed by atoms with Gasteiger partial charge < -0.3 is 15.1 Å². The van der Waals surface area contributed by atoms with Gasteiger partial charge in [0.05, 0.1) is 12.6 Å². The Morgan fingerprint density at radius 3 is 2.92 bits per heavy atom. The number of nitrogens with one attached hydrogen (secondary N) is 1. The number of amides is 2. The molecule has 2 amide bonds. The molecule has 0 radical (unpaired) electrons. The van der Waals surface area contributed by atoms with Crippen molar-refractivity contribution in [3.8, 4) is 6.07 Å². The minimum Gasteiger partial charge on any atom is -0.337 e. The number of likely N-dealkylation sites (tertiary alicyclic amines) is 2. The highest BCUT2D eigenvalue weighted by atomic mass is 16.2. The molecule has 2 heterocycles. The van der Waals surface area contributed by atoms with Gasteiger partial charge in [-0.2, -0.15) is 5.26 Å². The third-order valence-electron chi connectivity index (χ3n) is 7.95. The number of rotatable bonds is 4. The van der Waals surface area contributed by atoms with Crippen molar-refractivity contribution in [2.75, 3.05) is 19.6 Å². The van der Waals surface area contributed by atoms with Gasteiger partial charge in [0.2, 0.25) is 11.8 Å². The zero-order chi connectivity index (χ0) is 17.9. The summed E-state index contributed by atoms with van der Waals surface area (Å²) in [6, 6.07) is 2.02. The Balaban J connectivity index is 1.30. The van der Waals surface area contributed by atoms with Crippen molar-refractivity contribution in [1.29, 1.82) is 5.26 Å². The van der Waals surface area contributed by atoms with Crippen molar-refractivity contribution in [2.45, 2.75) is 74.9 Å². The first-order valence-corrected chi connectivity index (χ1v) is 10.3. The molecular weight excluding hydrogens is 328 g/mol. The Labute approximate surface area is 154 Å². The van der Waals surface area contributed by atoms with Crippen LogP contribution in [0.15, 0.2) is 0 Å². The van der Waals surface area contributed by atoms with E-state index in [4.69, 9.17) is 0 Å². The van der Waals surface area contributed by atoms with Crippen LogP contribution in [0.5, 0.6) is 0 Å². The standard InChI is InChI=1S/C20H28N4O2/c21-11-16-3-1-5-23(16)18(26)12-22-20-9-14-7-15(20)10-19(8-14,13-20)24-6-2-4-17(24)25/h14-16,22H,1-10,12-13H2/t14?,15?,16?,19-,20?/m0/s1. The van der Waals surface area contributed by atoms with Gasteiger partial charge >= 0.3 is 0 Å². The fourth-order valence-electron chi connectivity index (χ4n) is 7.15. The molecule has 4 saturated carbocycles. The van der Waals surface area contributed by atoms with Crippen molar-refractivity contribution in [3.05, 3.63) is 0 Å². The smallest absolute Gasteiger partial charge is 0.237 e. The lowest BCUT2D eigenvalue weighted by Crippen LogP contribution is -2.56. The Bertz CT molecular complexity index is 688. The van der Waals surface area contributed by atoms with E-state index in [9.17, 15) is 14.9 Å². The predicted molar refractivity (Wildman–Crippen MR) is 94.8 cm³/mol. The minimum atomic E-state index is -0.244. The highest BCUT2D eigenvalue weighted by molar-refractivity contribution is 5.80. The summed E-state index contributed by atoms with van der Waals surface area (Å²) in [5.74, 6) is 1.69. The van der Waals surface area contributed by atoms with E-state index in [1.54, 1.807) is 4.90 Å². The number of nitrogens with zero attached hydrogens (tertiary/aromatic N) is 3. The maximum atomic E-state index is 12.7. The minimum absolute atomic E-state index is 0.0311. The zero-order valence-electron chi connectivity index (χ0n) is 15.4. The molecule has 0 aromatic heterocycles. The quantitative estimate of drug-likeness (QED) is 0.826. The van der Waals surface area contributed by atoms with Crippen LogP contribution in [0.1, 0.15) is 57.8 Å². The van der Waals surface area contributed by atoms with Crippen molar-refractivity contribution in [2.24, 2.45) is 11.8 Å². The fourth-order valence-corrected chi connectivity index (χ4v) is 7.15. The molecule has 26 heavy (non-hydrogen) atoms. The average molecular weight is 356 g/mol. The lowest BCUT2D eigenvalue weighted by atomic mass is 9.73. The average Bonchev–Trinajstić information content (AvgIpc) is 3.35. The Morgan fingerprint density at radius 1 is 1.27 bits per heavy atom. The van der Waals surface area contributed by atoms with Crippen molar-refractivity contribution in [1.82, 2.24) is 15.1 Å². The van der Waals surface area contributed by atoms with Gasteiger partial charge in [-0.1, -0.05) is 0 Å². The molecular formula is C20H28N4O2. The monoisotopic (exact) mass is 356 g/mol. The number of hydrogen-bond donors (Lipinski definition) is 1. The largest absolute Gasteiger partial charge is 0.337 e. The maximum absolute atomic E-state index is 12.7. The van der Waals surface area contributed by atoms with E-state index >= 15 is 0 Å². The highest BCUT2D eigenvalue weighted by Crippen LogP contribution is 2.64. The molecule has 6 rings (SSSR count). The number of carbonyl (C=O) groups excluding carboxylic acids is 2. The topological polar surface area (TPSA) is 76.4 Å². The van der Waals surface area contributed by atoms with Gasteiger partial charge in [0.25, 0.3) is 0 Å². The highest BCUT2D eigenvalue weighted by Gasteiger charge is 2.66. The molecule has 2 aliphatic heterocycles. The van der Waals surface area contributed by atoms with E-state index in [0.29, 0.717) is 37.3 Å². The summed E-state index contributed by atoms with van der Waals surface area (Å²) in [7, 11) is 0. The lowest BCUT2D eigenvalue weighted by Gasteiger charge is -2.47. The fraction of sp³-hybridized carbons (Fsp3) is 0.850. The second-order valence-corrected chi connectivity index (χ2v) is 9.35. The zero-order valence-corrected chi connectivity index (χ0v) is 15.4. The summed E-state index contributed by atoms with van der Waals surface area (Å²) in [6.07, 6.45) is 9.13. The summed E-state index contributed by atoms with van der Waals surface area (Å²) in [5, 5.41) is 12.9. The predicted octanol–water partition coefficient (Wildman–Crippen LogP) is 1.41. The molecule has 4 unspecified atom stereocenters. The van der Waals surface area contributed by atoms with Crippen LogP contribution in [0, 0.1) is 23.2 Å². The van der Waals surface area contributed by atoms with Gasteiger partial charge in [-0.05, 0) is 63.2 Å². The molecule has 5 atom stereocenters. The summed E-state index contributed by atoms with van der Waals surface area (Å²) in [6.45, 7) is 1.97. The van der Waals surface area contributed by atoms with Crippen LogP contribution < -0.4 is 5.32 Å². The first-order chi connectivity index (χ1) is 12.6. The van der Waals surface area contributed by atoms with Gasteiger partial charge in [-0.25, -0.2) is 0 Å². The second kappa shape index (κ2) is 5.69. The van der Waals surface area contributed by atoms with Gasteiger partial charge in [-0.15, -0.1) is 0 Å². The molecule has 1 N–H and O–H groups in total. The molecule has 6 fully saturated rings. The third kappa shape index (κ3) is 2.26. The molecule has 6 nitrogen and oxygen atoms in total. The normalized spacial score (nSPS) is 43.5. The maximum Gasteiger partial charge on any atom is 0.237 e. The molecule has 4 bridgehead atoms. The number of nitriles is 1. The van der Waals surface area contributed by atoms with Crippen LogP contribution >= 0.6 is 0 Å². The first-order valence-electron chi connectivity index (χ1n) is 10.3. The molecule has 0 spiro atoms. The summed E-state index contributed by atoms with van der Waals surface area (Å²) in [5.41, 5.74) is 0.0849. The molecule has 140 valence electrons. The van der Waals surface area contributed by atoms with Gasteiger partial charge in [0.1, 0.15) is 6.04 Å². The van der Waals surface area contributed by atoms with Gasteiger partial charge in [0, 0.05) is 30.6 Å².